The summed E-state index contributed by atoms with van der Waals surface area (Å²) in [5, 5.41) is 11.0. The van der Waals surface area contributed by atoms with Gasteiger partial charge in [-0.15, -0.1) is 0 Å². The van der Waals surface area contributed by atoms with Crippen LogP contribution in [0, 0.1) is 0 Å². The second-order valence-corrected chi connectivity index (χ2v) is 12.6. The molecule has 0 saturated heterocycles. The molecule has 4 N–H and O–H groups in total. The number of anilines is 4. The van der Waals surface area contributed by atoms with E-state index in [1.807, 2.05) is 0 Å². The molecule has 20 heteroatoms. The van der Waals surface area contributed by atoms with Crippen molar-refractivity contribution in [2.45, 2.75) is 49.6 Å². The lowest BCUT2D eigenvalue weighted by Gasteiger charge is -2.19. The summed E-state index contributed by atoms with van der Waals surface area (Å²) in [6.45, 7) is -1.66. The van der Waals surface area contributed by atoms with E-state index in [1.165, 1.54) is 24.3 Å². The summed E-state index contributed by atoms with van der Waals surface area (Å²) in [7, 11) is 1.04. The average molecular weight is 794 g/mol. The van der Waals surface area contributed by atoms with Gasteiger partial charge in [0.2, 0.25) is 17.7 Å². The minimum atomic E-state index is -4.68. The highest BCUT2D eigenvalue weighted by Gasteiger charge is 2.45. The van der Waals surface area contributed by atoms with Crippen molar-refractivity contribution in [2.24, 2.45) is 0 Å². The number of rotatable bonds is 15. The number of carbonyl (C=O) groups excluding carboxylic acids is 4. The molecule has 3 aromatic carbocycles. The Morgan fingerprint density at radius 2 is 1.55 bits per heavy atom. The number of aromatic nitrogens is 3. The molecule has 290 valence electrons. The molecule has 5 rings (SSSR count). The number of hydrogen-bond donors (Lipinski definition) is 4. The number of nitrogens with one attached hydrogen (secondary N) is 4. The Hall–Kier alpha value is -5.98. The van der Waals surface area contributed by atoms with E-state index in [9.17, 15) is 45.5 Å². The van der Waals surface area contributed by atoms with Crippen molar-refractivity contribution >= 4 is 58.4 Å². The number of ketones is 1. The van der Waals surface area contributed by atoms with Gasteiger partial charge >= 0.3 is 24.3 Å². The minimum absolute atomic E-state index is 0.0268. The van der Waals surface area contributed by atoms with Crippen LogP contribution in [-0.4, -0.2) is 64.5 Å². The topological polar surface area (TPSA) is 174 Å². The summed E-state index contributed by atoms with van der Waals surface area (Å²) in [6, 6.07) is 14.2. The lowest BCUT2D eigenvalue weighted by atomic mass is 10.1. The summed E-state index contributed by atoms with van der Waals surface area (Å²) < 4.78 is 87.3. The van der Waals surface area contributed by atoms with Gasteiger partial charge in [-0.2, -0.15) is 41.3 Å². The Kier molecular flexibility index (Phi) is 12.1. The molecule has 1 saturated carbocycles. The van der Waals surface area contributed by atoms with Crippen LogP contribution in [0.25, 0.3) is 0 Å². The first kappa shape index (κ1) is 40.2. The third-order valence-electron chi connectivity index (χ3n) is 8.03. The summed E-state index contributed by atoms with van der Waals surface area (Å²) in [6.07, 6.45) is -8.96. The van der Waals surface area contributed by atoms with E-state index in [4.69, 9.17) is 21.1 Å². The van der Waals surface area contributed by atoms with E-state index >= 15 is 0 Å². The Morgan fingerprint density at radius 3 is 2.16 bits per heavy atom. The smallest absolute Gasteiger partial charge is 0.422 e. The fourth-order valence-electron chi connectivity index (χ4n) is 5.10. The molecule has 2 amide bonds. The number of alkyl halides is 6. The van der Waals surface area contributed by atoms with Crippen LogP contribution in [0.1, 0.15) is 47.2 Å². The zero-order chi connectivity index (χ0) is 40.0. The Labute approximate surface area is 313 Å². The van der Waals surface area contributed by atoms with Crippen molar-refractivity contribution in [1.29, 1.82) is 0 Å². The molecule has 4 aromatic rings. The molecular weight excluding hydrogens is 764 g/mol. The summed E-state index contributed by atoms with van der Waals surface area (Å²) in [5.74, 6) is -4.29. The second-order valence-electron chi connectivity index (χ2n) is 12.1. The monoisotopic (exact) mass is 793 g/mol. The van der Waals surface area contributed by atoms with Gasteiger partial charge < -0.3 is 30.7 Å². The van der Waals surface area contributed by atoms with Crippen LogP contribution >= 0.6 is 11.6 Å². The molecule has 0 spiro atoms. The highest BCUT2D eigenvalue weighted by Crippen LogP contribution is 2.48. The van der Waals surface area contributed by atoms with E-state index in [0.29, 0.717) is 23.9 Å². The van der Waals surface area contributed by atoms with Crippen LogP contribution in [0.2, 0.25) is 5.02 Å². The molecule has 1 aliphatic carbocycles. The lowest BCUT2D eigenvalue weighted by Crippen LogP contribution is -2.42. The Morgan fingerprint density at radius 1 is 0.873 bits per heavy atom. The van der Waals surface area contributed by atoms with Gasteiger partial charge in [-0.1, -0.05) is 29.8 Å². The van der Waals surface area contributed by atoms with Gasteiger partial charge in [0, 0.05) is 28.4 Å². The largest absolute Gasteiger partial charge is 0.467 e. The van der Waals surface area contributed by atoms with Gasteiger partial charge in [-0.3, -0.25) is 14.4 Å². The SMILES string of the molecule is COC(=O)[C@H](CCC(=O)C(=O)Nc1cccc(C(F)(F)F)c1)NC(=O)c1ccc(Nc2nc(NC3(c4ccc(Cl)cc4)CC3)nc(OCC(F)(F)F)n2)cc1. The van der Waals surface area contributed by atoms with Crippen LogP contribution in [0.15, 0.2) is 72.8 Å². The Balaban J connectivity index is 1.23. The molecule has 0 unspecified atom stereocenters. The number of amides is 2. The average Bonchev–Trinajstić information content (AvgIpc) is 3.92. The predicted molar refractivity (Wildman–Crippen MR) is 185 cm³/mol. The van der Waals surface area contributed by atoms with Crippen molar-refractivity contribution < 1.29 is 55.0 Å². The molecule has 1 aliphatic rings. The maximum absolute atomic E-state index is 13.0. The zero-order valence-electron chi connectivity index (χ0n) is 28.5. The van der Waals surface area contributed by atoms with Crippen molar-refractivity contribution in [3.05, 3.63) is 94.5 Å². The number of halogens is 7. The highest BCUT2D eigenvalue weighted by atomic mass is 35.5. The molecule has 1 heterocycles. The number of esters is 1. The van der Waals surface area contributed by atoms with Crippen LogP contribution in [0.4, 0.5) is 49.6 Å². The van der Waals surface area contributed by atoms with Gasteiger partial charge in [0.25, 0.3) is 11.8 Å². The van der Waals surface area contributed by atoms with Crippen molar-refractivity contribution in [3.63, 3.8) is 0 Å². The molecule has 1 aromatic heterocycles. The quantitative estimate of drug-likeness (QED) is 0.0581. The van der Waals surface area contributed by atoms with Crippen LogP contribution in [0.5, 0.6) is 6.01 Å². The van der Waals surface area contributed by atoms with Crippen LogP contribution in [0.3, 0.4) is 0 Å². The predicted octanol–water partition coefficient (Wildman–Crippen LogP) is 6.59. The fraction of sp³-hybridized carbons (Fsp3) is 0.286. The van der Waals surface area contributed by atoms with E-state index in [-0.39, 0.29) is 35.3 Å². The molecule has 0 bridgehead atoms. The third kappa shape index (κ3) is 11.3. The molecule has 1 fully saturated rings. The van der Waals surface area contributed by atoms with E-state index in [2.05, 4.69) is 36.2 Å². The number of nitrogens with zero attached hydrogens (tertiary/aromatic N) is 3. The molecule has 13 nitrogen and oxygen atoms in total. The minimum Gasteiger partial charge on any atom is -0.467 e. The van der Waals surface area contributed by atoms with E-state index in [0.717, 1.165) is 30.9 Å². The molecule has 1 atom stereocenters. The highest BCUT2D eigenvalue weighted by molar-refractivity contribution is 6.40. The van der Waals surface area contributed by atoms with Crippen LogP contribution < -0.4 is 26.0 Å². The Bertz CT molecular complexity index is 2050. The molecule has 0 radical (unpaired) electrons. The lowest BCUT2D eigenvalue weighted by molar-refractivity contribution is -0.154. The number of hydrogen-bond acceptors (Lipinski definition) is 11. The van der Waals surface area contributed by atoms with E-state index in [1.54, 1.807) is 24.3 Å². The summed E-state index contributed by atoms with van der Waals surface area (Å²) in [5.41, 5.74) is -0.724. The third-order valence-corrected chi connectivity index (χ3v) is 8.29. The number of Topliss-reactive ketones (excluding diaryl/α,β-unsaturated/α-hetero) is 1. The normalized spacial score (nSPS) is 13.9. The van der Waals surface area contributed by atoms with Gasteiger partial charge in [0.05, 0.1) is 18.2 Å². The fourth-order valence-corrected chi connectivity index (χ4v) is 5.23. The number of carbonyl (C=O) groups is 4. The maximum atomic E-state index is 13.0. The molecule has 0 aliphatic heterocycles. The maximum Gasteiger partial charge on any atom is 0.422 e. The number of benzene rings is 3. The zero-order valence-corrected chi connectivity index (χ0v) is 29.2. The van der Waals surface area contributed by atoms with Crippen molar-refractivity contribution in [2.75, 3.05) is 29.7 Å². The van der Waals surface area contributed by atoms with Gasteiger partial charge in [-0.25, -0.2) is 4.79 Å². The second kappa shape index (κ2) is 16.6. The molecular formula is C35H30ClF6N7O6. The van der Waals surface area contributed by atoms with E-state index < -0.39 is 72.1 Å². The number of ether oxygens (including phenoxy) is 2. The van der Waals surface area contributed by atoms with Crippen molar-refractivity contribution in [1.82, 2.24) is 20.3 Å². The van der Waals surface area contributed by atoms with Gasteiger partial charge in [0.15, 0.2) is 6.61 Å². The summed E-state index contributed by atoms with van der Waals surface area (Å²) >= 11 is 6.01. The van der Waals surface area contributed by atoms with Crippen LogP contribution in [-0.2, 0) is 30.8 Å². The number of methoxy groups -OCH3 is 1. The first-order chi connectivity index (χ1) is 25.9. The van der Waals surface area contributed by atoms with Crippen molar-refractivity contribution in [3.8, 4) is 6.01 Å². The molecule has 55 heavy (non-hydrogen) atoms. The summed E-state index contributed by atoms with van der Waals surface area (Å²) in [4.78, 5) is 62.5. The first-order valence-corrected chi connectivity index (χ1v) is 16.6. The van der Waals surface area contributed by atoms with Gasteiger partial charge in [0.1, 0.15) is 6.04 Å². The van der Waals surface area contributed by atoms with Gasteiger partial charge in [-0.05, 0) is 79.4 Å². The first-order valence-electron chi connectivity index (χ1n) is 16.2. The standard InChI is InChI=1S/C35H30ClF6N7O6/c1-54-29(53)25(13-14-26(50)28(52)43-24-4-2-3-21(17-24)35(40,41)42)45-27(51)19-5-11-23(12-6-19)44-30-46-31(48-32(47-30)55-18-34(37,38)39)49-33(15-16-33)20-7-9-22(36)10-8-20/h2-12,17,25H,13-16,18H2,1H3,(H,43,52)(H,45,51)(H2,44,46,47,48,49)/t25-/m0/s1.